The first-order valence-corrected chi connectivity index (χ1v) is 6.00. The summed E-state index contributed by atoms with van der Waals surface area (Å²) in [5.41, 5.74) is 0.398. The number of tetrazole rings is 1. The van der Waals surface area contributed by atoms with Gasteiger partial charge in [0.25, 0.3) is 5.69 Å². The van der Waals surface area contributed by atoms with Crippen LogP contribution in [0.15, 0.2) is 36.9 Å². The number of hydrogen-bond donors (Lipinski definition) is 1. The second-order valence-corrected chi connectivity index (χ2v) is 4.04. The maximum Gasteiger partial charge on any atom is 0.270 e. The van der Waals surface area contributed by atoms with Crippen molar-refractivity contribution in [3.63, 3.8) is 0 Å². The Morgan fingerprint density at radius 3 is 3.05 bits per heavy atom. The van der Waals surface area contributed by atoms with Crippen LogP contribution in [0.4, 0.5) is 5.69 Å². The van der Waals surface area contributed by atoms with Crippen molar-refractivity contribution in [1.82, 2.24) is 25.5 Å². The third kappa shape index (κ3) is 3.69. The topological polar surface area (TPSA) is 116 Å². The molecule has 0 saturated heterocycles. The molecule has 0 aliphatic heterocycles. The first kappa shape index (κ1) is 14.3. The fourth-order valence-corrected chi connectivity index (χ4v) is 1.55. The Bertz CT molecular complexity index is 681. The molecule has 21 heavy (non-hydrogen) atoms. The molecule has 0 fully saturated rings. The lowest BCUT2D eigenvalue weighted by Crippen LogP contribution is -2.28. The molecule has 1 aromatic carbocycles. The number of nitro benzene ring substituents is 1. The molecule has 0 spiro atoms. The van der Waals surface area contributed by atoms with Crippen LogP contribution in [0.2, 0.25) is 0 Å². The summed E-state index contributed by atoms with van der Waals surface area (Å²) in [5.74, 6) is -0.0619. The summed E-state index contributed by atoms with van der Waals surface area (Å²) in [6.07, 6.45) is 1.56. The molecule has 1 amide bonds. The number of carbonyl (C=O) groups excluding carboxylic acids is 1. The highest BCUT2D eigenvalue weighted by atomic mass is 16.6. The lowest BCUT2D eigenvalue weighted by Gasteiger charge is -1.99. The molecule has 0 aliphatic rings. The lowest BCUT2D eigenvalue weighted by atomic mass is 10.2. The average molecular weight is 288 g/mol. The van der Waals surface area contributed by atoms with Crippen LogP contribution in [0, 0.1) is 10.1 Å². The first-order chi connectivity index (χ1) is 10.1. The summed E-state index contributed by atoms with van der Waals surface area (Å²) in [4.78, 5) is 22.8. The summed E-state index contributed by atoms with van der Waals surface area (Å²) in [6, 6.07) is 5.88. The predicted molar refractivity (Wildman–Crippen MR) is 73.1 cm³/mol. The molecule has 0 unspecified atom stereocenters. The van der Waals surface area contributed by atoms with Gasteiger partial charge in [0.1, 0.15) is 6.54 Å². The van der Waals surface area contributed by atoms with Crippen LogP contribution < -0.4 is 5.32 Å². The molecule has 9 heteroatoms. The van der Waals surface area contributed by atoms with E-state index in [9.17, 15) is 14.9 Å². The Morgan fingerprint density at radius 2 is 2.33 bits per heavy atom. The lowest BCUT2D eigenvalue weighted by molar-refractivity contribution is -0.384. The van der Waals surface area contributed by atoms with Crippen molar-refractivity contribution < 1.29 is 9.72 Å². The Balaban J connectivity index is 2.12. The van der Waals surface area contributed by atoms with E-state index < -0.39 is 4.92 Å². The van der Waals surface area contributed by atoms with Crippen molar-refractivity contribution in [1.29, 1.82) is 0 Å². The number of nitrogens with one attached hydrogen (secondary N) is 1. The van der Waals surface area contributed by atoms with Crippen LogP contribution in [0.1, 0.15) is 0 Å². The fraction of sp³-hybridized carbons (Fsp3) is 0.167. The number of non-ortho nitro benzene ring substituents is 1. The van der Waals surface area contributed by atoms with E-state index in [4.69, 9.17) is 0 Å². The Morgan fingerprint density at radius 1 is 1.52 bits per heavy atom. The molecule has 1 N–H and O–H groups in total. The minimum Gasteiger partial charge on any atom is -0.351 e. The van der Waals surface area contributed by atoms with E-state index >= 15 is 0 Å². The minimum absolute atomic E-state index is 0.0624. The number of aromatic nitrogens is 4. The average Bonchev–Trinajstić information content (AvgIpc) is 2.93. The Kier molecular flexibility index (Phi) is 4.34. The van der Waals surface area contributed by atoms with Gasteiger partial charge in [0, 0.05) is 24.2 Å². The summed E-state index contributed by atoms with van der Waals surface area (Å²) >= 11 is 0. The van der Waals surface area contributed by atoms with Crippen molar-refractivity contribution >= 4 is 11.6 Å². The molecule has 0 saturated carbocycles. The van der Waals surface area contributed by atoms with Gasteiger partial charge in [-0.3, -0.25) is 14.9 Å². The normalized spacial score (nSPS) is 10.1. The standard InChI is InChI=1S/C12H12N6O3/c1-2-6-13-11(19)8-17-15-12(14-16-17)9-4-3-5-10(7-9)18(20)21/h2-5,7H,1,6,8H2,(H,13,19). The first-order valence-electron chi connectivity index (χ1n) is 6.00. The van der Waals surface area contributed by atoms with Crippen molar-refractivity contribution in [3.05, 3.63) is 47.0 Å². The van der Waals surface area contributed by atoms with E-state index in [2.05, 4.69) is 27.3 Å². The van der Waals surface area contributed by atoms with Crippen molar-refractivity contribution in [2.24, 2.45) is 0 Å². The highest BCUT2D eigenvalue weighted by molar-refractivity contribution is 5.75. The molecule has 2 rings (SSSR count). The maximum atomic E-state index is 11.5. The van der Waals surface area contributed by atoms with Crippen LogP contribution in [0.5, 0.6) is 0 Å². The van der Waals surface area contributed by atoms with Gasteiger partial charge in [-0.15, -0.1) is 16.8 Å². The van der Waals surface area contributed by atoms with Crippen LogP contribution in [-0.4, -0.2) is 37.6 Å². The fourth-order valence-electron chi connectivity index (χ4n) is 1.55. The second kappa shape index (κ2) is 6.37. The number of rotatable bonds is 6. The molecule has 0 atom stereocenters. The van der Waals surface area contributed by atoms with Gasteiger partial charge >= 0.3 is 0 Å². The second-order valence-electron chi connectivity index (χ2n) is 4.04. The van der Waals surface area contributed by atoms with Gasteiger partial charge < -0.3 is 5.32 Å². The molecule has 9 nitrogen and oxygen atoms in total. The SMILES string of the molecule is C=CCNC(=O)Cn1nnc(-c2cccc([N+](=O)[O-])c2)n1. The molecule has 1 aromatic heterocycles. The van der Waals surface area contributed by atoms with Gasteiger partial charge in [0.15, 0.2) is 0 Å². The number of amides is 1. The molecule has 0 aliphatic carbocycles. The van der Waals surface area contributed by atoms with Gasteiger partial charge in [-0.25, -0.2) is 0 Å². The molecule has 0 bridgehead atoms. The van der Waals surface area contributed by atoms with E-state index in [1.165, 1.54) is 18.2 Å². The smallest absolute Gasteiger partial charge is 0.270 e. The van der Waals surface area contributed by atoms with Gasteiger partial charge in [-0.05, 0) is 5.21 Å². The van der Waals surface area contributed by atoms with Gasteiger partial charge in [0.05, 0.1) is 4.92 Å². The number of hydrogen-bond acceptors (Lipinski definition) is 6. The van der Waals surface area contributed by atoms with Gasteiger partial charge in [0.2, 0.25) is 11.7 Å². The van der Waals surface area contributed by atoms with E-state index in [0.29, 0.717) is 12.1 Å². The quantitative estimate of drug-likeness (QED) is 0.471. The molecular formula is C12H12N6O3. The third-order valence-corrected chi connectivity index (χ3v) is 2.50. The van der Waals surface area contributed by atoms with Crippen LogP contribution in [0.25, 0.3) is 11.4 Å². The summed E-state index contributed by atoms with van der Waals surface area (Å²) in [7, 11) is 0. The number of benzene rings is 1. The maximum absolute atomic E-state index is 11.5. The van der Waals surface area contributed by atoms with E-state index in [-0.39, 0.29) is 24.0 Å². The minimum atomic E-state index is -0.503. The monoisotopic (exact) mass is 288 g/mol. The number of nitrogens with zero attached hydrogens (tertiary/aromatic N) is 5. The summed E-state index contributed by atoms with van der Waals surface area (Å²) in [6.45, 7) is 3.75. The summed E-state index contributed by atoms with van der Waals surface area (Å²) < 4.78 is 0. The Labute approximate surface area is 119 Å². The predicted octanol–water partition coefficient (Wildman–Crippen LogP) is 0.550. The van der Waals surface area contributed by atoms with E-state index in [0.717, 1.165) is 4.80 Å². The van der Waals surface area contributed by atoms with Crippen molar-refractivity contribution in [3.8, 4) is 11.4 Å². The Hall–Kier alpha value is -3.10. The molecule has 0 radical (unpaired) electrons. The van der Waals surface area contributed by atoms with Crippen LogP contribution in [0.3, 0.4) is 0 Å². The summed E-state index contributed by atoms with van der Waals surface area (Å²) in [5, 5.41) is 24.8. The van der Waals surface area contributed by atoms with Crippen LogP contribution >= 0.6 is 0 Å². The third-order valence-electron chi connectivity index (χ3n) is 2.50. The van der Waals surface area contributed by atoms with Gasteiger partial charge in [-0.1, -0.05) is 18.2 Å². The largest absolute Gasteiger partial charge is 0.351 e. The molecular weight excluding hydrogens is 276 g/mol. The molecule has 1 heterocycles. The van der Waals surface area contributed by atoms with Gasteiger partial charge in [-0.2, -0.15) is 4.80 Å². The van der Waals surface area contributed by atoms with E-state index in [1.807, 2.05) is 0 Å². The zero-order valence-electron chi connectivity index (χ0n) is 11.0. The zero-order chi connectivity index (χ0) is 15.2. The van der Waals surface area contributed by atoms with Crippen LogP contribution in [-0.2, 0) is 11.3 Å². The molecule has 2 aromatic rings. The highest BCUT2D eigenvalue weighted by Gasteiger charge is 2.12. The van der Waals surface area contributed by atoms with E-state index in [1.54, 1.807) is 12.1 Å². The van der Waals surface area contributed by atoms with Crippen molar-refractivity contribution in [2.45, 2.75) is 6.54 Å². The van der Waals surface area contributed by atoms with Crippen molar-refractivity contribution in [2.75, 3.05) is 6.54 Å². The number of carbonyl (C=O) groups is 1. The number of nitro groups is 1. The zero-order valence-corrected chi connectivity index (χ0v) is 11.0. The highest BCUT2D eigenvalue weighted by Crippen LogP contribution is 2.19. The molecule has 108 valence electrons.